The average Bonchev–Trinajstić information content (AvgIpc) is 2.35. The van der Waals surface area contributed by atoms with Crippen molar-refractivity contribution < 1.29 is 19.4 Å². The van der Waals surface area contributed by atoms with Gasteiger partial charge in [0, 0.05) is 0 Å². The molecule has 1 aromatic carbocycles. The Balaban J connectivity index is 2.77. The highest BCUT2D eigenvalue weighted by Gasteiger charge is 2.17. The van der Waals surface area contributed by atoms with E-state index in [1.807, 2.05) is 32.9 Å². The number of methoxy groups -OCH3 is 1. The average molecular weight is 295 g/mol. The van der Waals surface area contributed by atoms with Gasteiger partial charge in [-0.25, -0.2) is 4.79 Å². The Labute approximate surface area is 126 Å². The van der Waals surface area contributed by atoms with Gasteiger partial charge < -0.3 is 14.6 Å². The third kappa shape index (κ3) is 6.49. The van der Waals surface area contributed by atoms with Crippen molar-refractivity contribution in [2.45, 2.75) is 52.2 Å². The molecule has 5 heteroatoms. The van der Waals surface area contributed by atoms with Crippen LogP contribution < -0.4 is 10.1 Å². The van der Waals surface area contributed by atoms with Crippen LogP contribution in [-0.2, 0) is 11.2 Å². The molecule has 1 rings (SSSR count). The number of carbonyl (C=O) groups excluding carboxylic acids is 1. The molecule has 0 fully saturated rings. The summed E-state index contributed by atoms with van der Waals surface area (Å²) in [6.07, 6.45) is 0.580. The minimum Gasteiger partial charge on any atom is -0.495 e. The maximum Gasteiger partial charge on any atom is 0.412 e. The molecule has 0 spiro atoms. The van der Waals surface area contributed by atoms with Crippen LogP contribution in [0.25, 0.3) is 0 Å². The molecular formula is C16H25NO4. The van der Waals surface area contributed by atoms with Crippen molar-refractivity contribution in [3.8, 4) is 5.75 Å². The summed E-state index contributed by atoms with van der Waals surface area (Å²) in [5.41, 5.74) is 1.06. The fourth-order valence-corrected chi connectivity index (χ4v) is 1.78. The van der Waals surface area contributed by atoms with Crippen LogP contribution in [0.4, 0.5) is 10.5 Å². The summed E-state index contributed by atoms with van der Waals surface area (Å²) in [7, 11) is 1.55. The lowest BCUT2D eigenvalue weighted by Crippen LogP contribution is -2.27. The molecule has 2 N–H and O–H groups in total. The molecule has 0 bridgehead atoms. The van der Waals surface area contributed by atoms with Gasteiger partial charge in [-0.15, -0.1) is 0 Å². The van der Waals surface area contributed by atoms with E-state index < -0.39 is 11.7 Å². The first-order valence-electron chi connectivity index (χ1n) is 7.06. The minimum atomic E-state index is -0.547. The highest BCUT2D eigenvalue weighted by Crippen LogP contribution is 2.27. The topological polar surface area (TPSA) is 67.8 Å². The van der Waals surface area contributed by atoms with Crippen LogP contribution in [0, 0.1) is 0 Å². The summed E-state index contributed by atoms with van der Waals surface area (Å²) in [6, 6.07) is 5.53. The van der Waals surface area contributed by atoms with E-state index in [2.05, 4.69) is 5.32 Å². The van der Waals surface area contributed by atoms with E-state index in [-0.39, 0.29) is 6.10 Å². The molecule has 0 heterocycles. The van der Waals surface area contributed by atoms with Crippen molar-refractivity contribution in [3.05, 3.63) is 23.8 Å². The molecule has 0 aromatic heterocycles. The SMILES string of the molecule is COc1cc(CC[C@H](C)O)ccc1NC(=O)OC(C)(C)C. The number of anilines is 1. The standard InChI is InChI=1S/C16H25NO4/c1-11(18)6-7-12-8-9-13(14(10-12)20-5)17-15(19)21-16(2,3)4/h8-11,18H,6-7H2,1-5H3,(H,17,19)/t11-/m0/s1. The summed E-state index contributed by atoms with van der Waals surface area (Å²) in [5, 5.41) is 12.0. The van der Waals surface area contributed by atoms with Crippen LogP contribution in [0.3, 0.4) is 0 Å². The molecule has 1 aromatic rings. The van der Waals surface area contributed by atoms with Gasteiger partial charge in [-0.2, -0.15) is 0 Å². The highest BCUT2D eigenvalue weighted by molar-refractivity contribution is 5.87. The van der Waals surface area contributed by atoms with Gasteiger partial charge in [0.2, 0.25) is 0 Å². The number of nitrogens with one attached hydrogen (secondary N) is 1. The molecule has 0 saturated carbocycles. The van der Waals surface area contributed by atoms with Crippen LogP contribution in [0.1, 0.15) is 39.7 Å². The molecule has 1 atom stereocenters. The minimum absolute atomic E-state index is 0.337. The Kier molecular flexibility index (Phi) is 6.03. The molecular weight excluding hydrogens is 270 g/mol. The Morgan fingerprint density at radius 2 is 2.05 bits per heavy atom. The molecule has 1 amide bonds. The molecule has 118 valence electrons. The Morgan fingerprint density at radius 1 is 1.38 bits per heavy atom. The largest absolute Gasteiger partial charge is 0.495 e. The number of aliphatic hydroxyl groups is 1. The number of hydrogen-bond donors (Lipinski definition) is 2. The number of hydrogen-bond acceptors (Lipinski definition) is 4. The maximum atomic E-state index is 11.8. The van der Waals surface area contributed by atoms with Crippen molar-refractivity contribution >= 4 is 11.8 Å². The van der Waals surface area contributed by atoms with Crippen molar-refractivity contribution in [2.24, 2.45) is 0 Å². The summed E-state index contributed by atoms with van der Waals surface area (Å²) in [5.74, 6) is 0.573. The van der Waals surface area contributed by atoms with Crippen molar-refractivity contribution in [2.75, 3.05) is 12.4 Å². The number of carbonyl (C=O) groups is 1. The first kappa shape index (κ1) is 17.3. The molecule has 0 aliphatic rings. The second kappa shape index (κ2) is 7.31. The van der Waals surface area contributed by atoms with Gasteiger partial charge >= 0.3 is 6.09 Å². The monoisotopic (exact) mass is 295 g/mol. The van der Waals surface area contributed by atoms with E-state index in [1.54, 1.807) is 20.1 Å². The fraction of sp³-hybridized carbons (Fsp3) is 0.562. The number of amides is 1. The Bertz CT molecular complexity index is 478. The lowest BCUT2D eigenvalue weighted by molar-refractivity contribution is 0.0635. The first-order valence-corrected chi connectivity index (χ1v) is 7.06. The van der Waals surface area contributed by atoms with Gasteiger partial charge in [0.15, 0.2) is 0 Å². The first-order chi connectivity index (χ1) is 9.71. The number of ether oxygens (including phenoxy) is 2. The quantitative estimate of drug-likeness (QED) is 0.874. The highest BCUT2D eigenvalue weighted by atomic mass is 16.6. The third-order valence-corrected chi connectivity index (χ3v) is 2.75. The zero-order chi connectivity index (χ0) is 16.0. The lowest BCUT2D eigenvalue weighted by Gasteiger charge is -2.20. The van der Waals surface area contributed by atoms with Crippen molar-refractivity contribution in [1.29, 1.82) is 0 Å². The number of benzene rings is 1. The summed E-state index contributed by atoms with van der Waals surface area (Å²) < 4.78 is 10.5. The zero-order valence-corrected chi connectivity index (χ0v) is 13.4. The summed E-state index contributed by atoms with van der Waals surface area (Å²) in [4.78, 5) is 11.8. The van der Waals surface area contributed by atoms with E-state index in [0.29, 0.717) is 17.9 Å². The van der Waals surface area contributed by atoms with E-state index in [9.17, 15) is 9.90 Å². The molecule has 0 aliphatic carbocycles. The van der Waals surface area contributed by atoms with Gasteiger partial charge in [-0.1, -0.05) is 6.07 Å². The molecule has 0 radical (unpaired) electrons. The lowest BCUT2D eigenvalue weighted by atomic mass is 10.1. The normalized spacial score (nSPS) is 12.7. The van der Waals surface area contributed by atoms with E-state index in [1.165, 1.54) is 0 Å². The van der Waals surface area contributed by atoms with Crippen LogP contribution in [-0.4, -0.2) is 30.0 Å². The van der Waals surface area contributed by atoms with Crippen LogP contribution in [0.15, 0.2) is 18.2 Å². The second-order valence-electron chi connectivity index (χ2n) is 6.05. The van der Waals surface area contributed by atoms with Gasteiger partial charge in [-0.3, -0.25) is 5.32 Å². The van der Waals surface area contributed by atoms with Gasteiger partial charge in [0.25, 0.3) is 0 Å². The Morgan fingerprint density at radius 3 is 2.57 bits per heavy atom. The van der Waals surface area contributed by atoms with Crippen LogP contribution in [0.2, 0.25) is 0 Å². The maximum absolute atomic E-state index is 11.8. The summed E-state index contributed by atoms with van der Waals surface area (Å²) >= 11 is 0. The third-order valence-electron chi connectivity index (χ3n) is 2.75. The van der Waals surface area contributed by atoms with E-state index in [4.69, 9.17) is 9.47 Å². The molecule has 21 heavy (non-hydrogen) atoms. The Hall–Kier alpha value is -1.75. The van der Waals surface area contributed by atoms with Crippen LogP contribution in [0.5, 0.6) is 5.75 Å². The van der Waals surface area contributed by atoms with E-state index in [0.717, 1.165) is 12.0 Å². The predicted molar refractivity (Wildman–Crippen MR) is 82.9 cm³/mol. The zero-order valence-electron chi connectivity index (χ0n) is 13.4. The molecule has 0 unspecified atom stereocenters. The predicted octanol–water partition coefficient (Wildman–Crippen LogP) is 3.36. The number of rotatable bonds is 5. The smallest absolute Gasteiger partial charge is 0.412 e. The molecule has 5 nitrogen and oxygen atoms in total. The van der Waals surface area contributed by atoms with Crippen molar-refractivity contribution in [1.82, 2.24) is 0 Å². The number of aliphatic hydroxyl groups excluding tert-OH is 1. The molecule has 0 saturated heterocycles. The summed E-state index contributed by atoms with van der Waals surface area (Å²) in [6.45, 7) is 7.19. The van der Waals surface area contributed by atoms with Gasteiger partial charge in [0.1, 0.15) is 11.4 Å². The van der Waals surface area contributed by atoms with E-state index >= 15 is 0 Å². The van der Waals surface area contributed by atoms with Gasteiger partial charge in [-0.05, 0) is 58.2 Å². The number of aryl methyl sites for hydroxylation is 1. The van der Waals surface area contributed by atoms with Crippen molar-refractivity contribution in [3.63, 3.8) is 0 Å². The second-order valence-corrected chi connectivity index (χ2v) is 6.05. The van der Waals surface area contributed by atoms with Gasteiger partial charge in [0.05, 0.1) is 18.9 Å². The van der Waals surface area contributed by atoms with Crippen LogP contribution >= 0.6 is 0 Å². The molecule has 0 aliphatic heterocycles. The fourth-order valence-electron chi connectivity index (χ4n) is 1.78.